The van der Waals surface area contributed by atoms with E-state index in [0.717, 1.165) is 66.2 Å². The van der Waals surface area contributed by atoms with E-state index < -0.39 is 0 Å². The van der Waals surface area contributed by atoms with Crippen molar-refractivity contribution < 1.29 is 0 Å². The van der Waals surface area contributed by atoms with Gasteiger partial charge < -0.3 is 20.9 Å². The van der Waals surface area contributed by atoms with Crippen molar-refractivity contribution in [1.82, 2.24) is 9.80 Å². The molecule has 6 nitrogen and oxygen atoms in total. The van der Waals surface area contributed by atoms with Gasteiger partial charge in [-0.25, -0.2) is 9.98 Å². The van der Waals surface area contributed by atoms with Crippen molar-refractivity contribution in [3.05, 3.63) is 86.2 Å². The molecule has 0 amide bonds. The van der Waals surface area contributed by atoms with E-state index in [9.17, 15) is 0 Å². The molecule has 0 radical (unpaired) electrons. The first-order valence-corrected chi connectivity index (χ1v) is 13.8. The highest BCUT2D eigenvalue weighted by atomic mass is 32.1. The highest BCUT2D eigenvalue weighted by Gasteiger charge is 2.28. The van der Waals surface area contributed by atoms with Crippen LogP contribution in [0.5, 0.6) is 0 Å². The number of hydrogen-bond acceptors (Lipinski definition) is 7. The van der Waals surface area contributed by atoms with Gasteiger partial charge in [0.15, 0.2) is 0 Å². The summed E-state index contributed by atoms with van der Waals surface area (Å²) in [5.41, 5.74) is 12.1. The number of nitrogen functional groups attached to an aromatic ring is 1. The van der Waals surface area contributed by atoms with Gasteiger partial charge in [-0.2, -0.15) is 0 Å². The molecule has 36 heavy (non-hydrogen) atoms. The topological polar surface area (TPSA) is 69.2 Å². The summed E-state index contributed by atoms with van der Waals surface area (Å²) >= 11 is 3.55. The standard InChI is InChI=1S/C28H28N6S2/c1-18-15-20(17-35-18)27(31-22-8-4-3-7-21(22)29)33-11-13-34(14-12-33)28-26-25(16-19(2)36-26)30-23-9-5-6-10-24(23)32-28/h3-10,15-17,30H,11-14,29H2,1-2H3. The Bertz CT molecular complexity index is 1470. The molecule has 6 rings (SSSR count). The van der Waals surface area contributed by atoms with Gasteiger partial charge in [-0.1, -0.05) is 24.3 Å². The molecule has 2 aromatic carbocycles. The molecular weight excluding hydrogens is 484 g/mol. The van der Waals surface area contributed by atoms with Crippen LogP contribution < -0.4 is 11.1 Å². The number of benzene rings is 2. The van der Waals surface area contributed by atoms with Crippen LogP contribution in [0.4, 0.5) is 28.4 Å². The fraction of sp³-hybridized carbons (Fsp3) is 0.214. The van der Waals surface area contributed by atoms with E-state index in [4.69, 9.17) is 15.7 Å². The summed E-state index contributed by atoms with van der Waals surface area (Å²) in [7, 11) is 0. The largest absolute Gasteiger partial charge is 0.397 e. The maximum absolute atomic E-state index is 6.25. The van der Waals surface area contributed by atoms with E-state index in [2.05, 4.69) is 64.7 Å². The number of amidine groups is 2. The van der Waals surface area contributed by atoms with Crippen molar-refractivity contribution in [3.63, 3.8) is 0 Å². The maximum atomic E-state index is 6.25. The Hall–Kier alpha value is -3.62. The molecule has 4 aromatic rings. The summed E-state index contributed by atoms with van der Waals surface area (Å²) in [6.07, 6.45) is 0. The lowest BCUT2D eigenvalue weighted by Gasteiger charge is -2.37. The number of fused-ring (bicyclic) bond motifs is 2. The van der Waals surface area contributed by atoms with Crippen molar-refractivity contribution >= 4 is 62.8 Å². The minimum absolute atomic E-state index is 0.695. The third-order valence-electron chi connectivity index (χ3n) is 6.49. The smallest absolute Gasteiger partial charge is 0.149 e. The van der Waals surface area contributed by atoms with Crippen LogP contribution in [0, 0.1) is 13.8 Å². The number of nitrogens with two attached hydrogens (primary N) is 1. The molecule has 4 heterocycles. The molecule has 2 aliphatic rings. The summed E-state index contributed by atoms with van der Waals surface area (Å²) in [6, 6.07) is 20.5. The first-order chi connectivity index (χ1) is 17.5. The quantitative estimate of drug-likeness (QED) is 0.182. The number of thiophene rings is 2. The second-order valence-electron chi connectivity index (χ2n) is 9.09. The Labute approximate surface area is 219 Å². The first-order valence-electron chi connectivity index (χ1n) is 12.1. The zero-order chi connectivity index (χ0) is 24.6. The molecule has 0 atom stereocenters. The zero-order valence-electron chi connectivity index (χ0n) is 20.4. The molecule has 0 saturated carbocycles. The number of rotatable bonds is 2. The summed E-state index contributed by atoms with van der Waals surface area (Å²) in [5.74, 6) is 2.04. The first kappa shape index (κ1) is 22.8. The van der Waals surface area contributed by atoms with E-state index in [1.807, 2.05) is 30.3 Å². The second-order valence-corrected chi connectivity index (χ2v) is 11.5. The van der Waals surface area contributed by atoms with Gasteiger partial charge in [-0.05, 0) is 50.2 Å². The van der Waals surface area contributed by atoms with Crippen LogP contribution in [0.15, 0.2) is 76.0 Å². The highest BCUT2D eigenvalue weighted by molar-refractivity contribution is 7.14. The fourth-order valence-electron chi connectivity index (χ4n) is 4.69. The Morgan fingerprint density at radius 2 is 1.72 bits per heavy atom. The molecule has 182 valence electrons. The molecule has 0 spiro atoms. The molecule has 2 aromatic heterocycles. The molecule has 8 heteroatoms. The van der Waals surface area contributed by atoms with E-state index in [0.29, 0.717) is 5.69 Å². The fourth-order valence-corrected chi connectivity index (χ4v) is 6.35. The molecule has 0 aliphatic carbocycles. The van der Waals surface area contributed by atoms with Gasteiger partial charge in [0.25, 0.3) is 0 Å². The van der Waals surface area contributed by atoms with Crippen molar-refractivity contribution in [3.8, 4) is 0 Å². The van der Waals surface area contributed by atoms with Crippen LogP contribution in [0.2, 0.25) is 0 Å². The monoisotopic (exact) mass is 512 g/mol. The maximum Gasteiger partial charge on any atom is 0.149 e. The summed E-state index contributed by atoms with van der Waals surface area (Å²) < 4.78 is 0. The highest BCUT2D eigenvalue weighted by Crippen LogP contribution is 2.38. The second kappa shape index (κ2) is 9.44. The molecule has 1 saturated heterocycles. The van der Waals surface area contributed by atoms with E-state index in [1.165, 1.54) is 14.6 Å². The van der Waals surface area contributed by atoms with Crippen LogP contribution >= 0.6 is 22.7 Å². The Morgan fingerprint density at radius 1 is 0.944 bits per heavy atom. The summed E-state index contributed by atoms with van der Waals surface area (Å²) in [4.78, 5) is 18.8. The SMILES string of the molecule is Cc1cc(C(=Nc2ccccc2N)N2CCN(C3=Nc4ccccc4Nc4cc(C)sc43)CC2)cs1. The zero-order valence-corrected chi connectivity index (χ0v) is 22.0. The van der Waals surface area contributed by atoms with E-state index in [-0.39, 0.29) is 0 Å². The normalized spacial score (nSPS) is 15.6. The lowest BCUT2D eigenvalue weighted by atomic mass is 10.2. The Balaban J connectivity index is 1.31. The molecule has 0 unspecified atom stereocenters. The van der Waals surface area contributed by atoms with Gasteiger partial charge in [-0.15, -0.1) is 22.7 Å². The van der Waals surface area contributed by atoms with Crippen LogP contribution in [0.3, 0.4) is 0 Å². The van der Waals surface area contributed by atoms with Crippen molar-refractivity contribution in [2.75, 3.05) is 37.2 Å². The minimum atomic E-state index is 0.695. The molecule has 3 N–H and O–H groups in total. The summed E-state index contributed by atoms with van der Waals surface area (Å²) in [5, 5.41) is 5.80. The number of aryl methyl sites for hydroxylation is 2. The molecular formula is C28H28N6S2. The third-order valence-corrected chi connectivity index (χ3v) is 8.40. The van der Waals surface area contributed by atoms with Crippen molar-refractivity contribution in [1.29, 1.82) is 0 Å². The number of hydrogen-bond donors (Lipinski definition) is 2. The van der Waals surface area contributed by atoms with Gasteiger partial charge in [0.1, 0.15) is 11.7 Å². The van der Waals surface area contributed by atoms with Gasteiger partial charge >= 0.3 is 0 Å². The average Bonchev–Trinajstić information content (AvgIpc) is 3.44. The Morgan fingerprint density at radius 3 is 2.50 bits per heavy atom. The van der Waals surface area contributed by atoms with Crippen LogP contribution in [0.25, 0.3) is 0 Å². The van der Waals surface area contributed by atoms with Gasteiger partial charge in [0.05, 0.1) is 33.3 Å². The van der Waals surface area contributed by atoms with Crippen LogP contribution in [0.1, 0.15) is 20.2 Å². The van der Waals surface area contributed by atoms with Gasteiger partial charge in [0.2, 0.25) is 0 Å². The number of para-hydroxylation sites is 4. The van der Waals surface area contributed by atoms with Crippen LogP contribution in [-0.2, 0) is 0 Å². The lowest BCUT2D eigenvalue weighted by Crippen LogP contribution is -2.50. The van der Waals surface area contributed by atoms with Crippen molar-refractivity contribution in [2.45, 2.75) is 13.8 Å². The summed E-state index contributed by atoms with van der Waals surface area (Å²) in [6.45, 7) is 7.73. The number of piperazine rings is 1. The predicted octanol–water partition coefficient (Wildman–Crippen LogP) is 6.54. The van der Waals surface area contributed by atoms with Crippen LogP contribution in [-0.4, -0.2) is 47.7 Å². The number of nitrogens with zero attached hydrogens (tertiary/aromatic N) is 4. The van der Waals surface area contributed by atoms with E-state index >= 15 is 0 Å². The van der Waals surface area contributed by atoms with Gasteiger partial charge in [-0.3, -0.25) is 0 Å². The molecule has 2 aliphatic heterocycles. The van der Waals surface area contributed by atoms with Gasteiger partial charge in [0, 0.05) is 46.9 Å². The predicted molar refractivity (Wildman–Crippen MR) is 154 cm³/mol. The third kappa shape index (κ3) is 4.38. The van der Waals surface area contributed by atoms with E-state index in [1.54, 1.807) is 22.7 Å². The van der Waals surface area contributed by atoms with Crippen molar-refractivity contribution in [2.24, 2.45) is 9.98 Å². The number of anilines is 3. The molecule has 0 bridgehead atoms. The molecule has 1 fully saturated rings. The minimum Gasteiger partial charge on any atom is -0.397 e. The number of aliphatic imine (C=N–C) groups is 2. The number of nitrogens with one attached hydrogen (secondary N) is 1. The Kier molecular flexibility index (Phi) is 5.99. The average molecular weight is 513 g/mol. The lowest BCUT2D eigenvalue weighted by molar-refractivity contribution is 0.260.